The number of ether oxygens (including phenoxy) is 1. The number of rotatable bonds is 4. The van der Waals surface area contributed by atoms with E-state index >= 15 is 0 Å². The van der Waals surface area contributed by atoms with Gasteiger partial charge in [-0.1, -0.05) is 23.2 Å². The van der Waals surface area contributed by atoms with Crippen molar-refractivity contribution < 1.29 is 4.74 Å². The molecule has 0 heterocycles. The van der Waals surface area contributed by atoms with Gasteiger partial charge in [0.15, 0.2) is 0 Å². The van der Waals surface area contributed by atoms with Crippen LogP contribution in [-0.2, 0) is 0 Å². The van der Waals surface area contributed by atoms with E-state index in [9.17, 15) is 0 Å². The first-order valence-electron chi connectivity index (χ1n) is 6.56. The maximum absolute atomic E-state index is 6.00. The highest BCUT2D eigenvalue weighted by atomic mass is 35.5. The number of hydrogen-bond donors (Lipinski definition) is 1. The molecule has 0 radical (unpaired) electrons. The molecule has 22 heavy (non-hydrogen) atoms. The van der Waals surface area contributed by atoms with E-state index < -0.39 is 0 Å². The normalized spacial score (nSPS) is 11.0. The van der Waals surface area contributed by atoms with Gasteiger partial charge in [-0.15, -0.1) is 0 Å². The molecule has 0 spiro atoms. The molecule has 0 aromatic heterocycles. The van der Waals surface area contributed by atoms with E-state index in [1.54, 1.807) is 25.5 Å². The summed E-state index contributed by atoms with van der Waals surface area (Å²) in [5.41, 5.74) is 8.60. The van der Waals surface area contributed by atoms with Crippen LogP contribution in [0.2, 0.25) is 10.0 Å². The minimum atomic E-state index is 0.357. The van der Waals surface area contributed by atoms with Gasteiger partial charge in [0.25, 0.3) is 0 Å². The Morgan fingerprint density at radius 3 is 2.32 bits per heavy atom. The summed E-state index contributed by atoms with van der Waals surface area (Å²) in [5.74, 6) is 0.739. The van der Waals surface area contributed by atoms with E-state index in [1.165, 1.54) is 0 Å². The Hall–Kier alpha value is -1.91. The molecular weight excluding hydrogens is 321 g/mol. The van der Waals surface area contributed by atoms with Crippen molar-refractivity contribution >= 4 is 46.5 Å². The van der Waals surface area contributed by atoms with Crippen molar-refractivity contribution in [2.45, 2.75) is 0 Å². The van der Waals surface area contributed by atoms with Gasteiger partial charge in [0.2, 0.25) is 0 Å². The zero-order chi connectivity index (χ0) is 16.3. The number of nitrogen functional groups attached to an aromatic ring is 1. The van der Waals surface area contributed by atoms with E-state index in [0.717, 1.165) is 17.0 Å². The number of halogens is 2. The van der Waals surface area contributed by atoms with Crippen LogP contribution in [0.15, 0.2) is 35.3 Å². The van der Waals surface area contributed by atoms with Gasteiger partial charge in [0.1, 0.15) is 5.75 Å². The first-order chi connectivity index (χ1) is 10.4. The molecule has 2 aromatic carbocycles. The molecule has 116 valence electrons. The molecule has 0 fully saturated rings. The Bertz CT molecular complexity index is 692. The molecule has 2 rings (SSSR count). The van der Waals surface area contributed by atoms with E-state index in [-0.39, 0.29) is 0 Å². The second-order valence-corrected chi connectivity index (χ2v) is 5.72. The van der Waals surface area contributed by atoms with Gasteiger partial charge in [0.05, 0.1) is 28.5 Å². The number of benzene rings is 2. The summed E-state index contributed by atoms with van der Waals surface area (Å²) in [6, 6.07) is 9.22. The fraction of sp³-hybridized carbons (Fsp3) is 0.188. The number of methoxy groups -OCH3 is 1. The maximum Gasteiger partial charge on any atom is 0.129 e. The highest BCUT2D eigenvalue weighted by molar-refractivity contribution is 6.39. The fourth-order valence-corrected chi connectivity index (χ4v) is 2.35. The third-order valence-electron chi connectivity index (χ3n) is 3.15. The van der Waals surface area contributed by atoms with Crippen LogP contribution in [0.3, 0.4) is 0 Å². The molecule has 0 aliphatic heterocycles. The molecule has 0 atom stereocenters. The molecule has 2 aromatic rings. The van der Waals surface area contributed by atoms with Gasteiger partial charge in [-0.05, 0) is 24.3 Å². The molecular formula is C16H17Cl2N3O. The van der Waals surface area contributed by atoms with Gasteiger partial charge in [-0.2, -0.15) is 0 Å². The predicted molar refractivity (Wildman–Crippen MR) is 95.4 cm³/mol. The fourth-order valence-electron chi connectivity index (χ4n) is 1.87. The average molecular weight is 338 g/mol. The maximum atomic E-state index is 6.00. The average Bonchev–Trinajstić information content (AvgIpc) is 2.50. The van der Waals surface area contributed by atoms with E-state index in [4.69, 9.17) is 33.7 Å². The lowest BCUT2D eigenvalue weighted by Crippen LogP contribution is -2.08. The summed E-state index contributed by atoms with van der Waals surface area (Å²) in [5, 5.41) is 0.768. The van der Waals surface area contributed by atoms with Crippen molar-refractivity contribution in [3.05, 3.63) is 45.9 Å². The van der Waals surface area contributed by atoms with Crippen LogP contribution in [0.4, 0.5) is 17.1 Å². The molecule has 2 N–H and O–H groups in total. The molecule has 0 amide bonds. The van der Waals surface area contributed by atoms with Crippen LogP contribution in [0.25, 0.3) is 0 Å². The largest absolute Gasteiger partial charge is 0.496 e. The molecule has 6 heteroatoms. The monoisotopic (exact) mass is 337 g/mol. The van der Waals surface area contributed by atoms with Gasteiger partial charge < -0.3 is 15.4 Å². The van der Waals surface area contributed by atoms with E-state index in [1.807, 2.05) is 37.2 Å². The molecule has 0 bridgehead atoms. The second-order valence-electron chi connectivity index (χ2n) is 4.90. The Kier molecular flexibility index (Phi) is 5.16. The number of nitrogens with zero attached hydrogens (tertiary/aromatic N) is 2. The van der Waals surface area contributed by atoms with Crippen LogP contribution in [0, 0.1) is 0 Å². The molecule has 0 saturated heterocycles. The van der Waals surface area contributed by atoms with Crippen LogP contribution in [-0.4, -0.2) is 27.4 Å². The van der Waals surface area contributed by atoms with Crippen molar-refractivity contribution in [3.63, 3.8) is 0 Å². The third-order valence-corrected chi connectivity index (χ3v) is 3.78. The van der Waals surface area contributed by atoms with Gasteiger partial charge in [-0.3, -0.25) is 4.99 Å². The molecule has 0 aliphatic rings. The Morgan fingerprint density at radius 1 is 1.14 bits per heavy atom. The molecule has 4 nitrogen and oxygen atoms in total. The molecule has 0 unspecified atom stereocenters. The summed E-state index contributed by atoms with van der Waals surface area (Å²) in [7, 11) is 5.57. The van der Waals surface area contributed by atoms with Gasteiger partial charge >= 0.3 is 0 Å². The predicted octanol–water partition coefficient (Wildman–Crippen LogP) is 4.40. The van der Waals surface area contributed by atoms with Crippen molar-refractivity contribution in [1.29, 1.82) is 0 Å². The van der Waals surface area contributed by atoms with Crippen LogP contribution < -0.4 is 15.4 Å². The minimum Gasteiger partial charge on any atom is -0.496 e. The van der Waals surface area contributed by atoms with Crippen LogP contribution in [0.1, 0.15) is 5.56 Å². The van der Waals surface area contributed by atoms with Crippen molar-refractivity contribution in [3.8, 4) is 5.75 Å². The first kappa shape index (κ1) is 16.5. The highest BCUT2D eigenvalue weighted by Crippen LogP contribution is 2.32. The summed E-state index contributed by atoms with van der Waals surface area (Å²) in [6.07, 6.45) is 1.70. The summed E-state index contributed by atoms with van der Waals surface area (Å²) in [6.45, 7) is 0. The summed E-state index contributed by atoms with van der Waals surface area (Å²) in [4.78, 5) is 6.38. The van der Waals surface area contributed by atoms with E-state index in [0.29, 0.717) is 21.4 Å². The highest BCUT2D eigenvalue weighted by Gasteiger charge is 2.06. The zero-order valence-corrected chi connectivity index (χ0v) is 14.1. The lowest BCUT2D eigenvalue weighted by atomic mass is 10.2. The van der Waals surface area contributed by atoms with E-state index in [2.05, 4.69) is 4.99 Å². The Labute approximate surface area is 140 Å². The standard InChI is InChI=1S/C16H17Cl2N3O/c1-21(2)12-5-4-10(15(8-12)22-3)9-20-11-6-13(17)16(19)14(18)7-11/h4-9H,19H2,1-3H3. The second kappa shape index (κ2) is 6.90. The molecule has 0 aliphatic carbocycles. The van der Waals surface area contributed by atoms with Crippen molar-refractivity contribution in [2.24, 2.45) is 4.99 Å². The van der Waals surface area contributed by atoms with Crippen molar-refractivity contribution in [2.75, 3.05) is 31.8 Å². The number of aliphatic imine (C=N–C) groups is 1. The number of hydrogen-bond acceptors (Lipinski definition) is 4. The van der Waals surface area contributed by atoms with Gasteiger partial charge in [0, 0.05) is 37.6 Å². The smallest absolute Gasteiger partial charge is 0.129 e. The zero-order valence-electron chi connectivity index (χ0n) is 12.6. The number of anilines is 2. The Balaban J connectivity index is 2.34. The first-order valence-corrected chi connectivity index (χ1v) is 7.32. The summed E-state index contributed by atoms with van der Waals surface area (Å²) < 4.78 is 5.40. The van der Waals surface area contributed by atoms with Crippen LogP contribution in [0.5, 0.6) is 5.75 Å². The third kappa shape index (κ3) is 3.64. The summed E-state index contributed by atoms with van der Waals surface area (Å²) >= 11 is 12.0. The quantitative estimate of drug-likeness (QED) is 0.664. The topological polar surface area (TPSA) is 50.8 Å². The lowest BCUT2D eigenvalue weighted by Gasteiger charge is -2.14. The molecule has 0 saturated carbocycles. The van der Waals surface area contributed by atoms with Crippen LogP contribution >= 0.6 is 23.2 Å². The SMILES string of the molecule is COc1cc(N(C)C)ccc1C=Nc1cc(Cl)c(N)c(Cl)c1. The number of nitrogens with two attached hydrogens (primary N) is 1. The minimum absolute atomic E-state index is 0.357. The Morgan fingerprint density at radius 2 is 1.77 bits per heavy atom. The van der Waals surface area contributed by atoms with Gasteiger partial charge in [-0.25, -0.2) is 0 Å². The van der Waals surface area contributed by atoms with Crippen molar-refractivity contribution in [1.82, 2.24) is 0 Å². The lowest BCUT2D eigenvalue weighted by molar-refractivity contribution is 0.414.